The fourth-order valence-electron chi connectivity index (χ4n) is 2.82. The molecule has 1 aliphatic rings. The molecule has 0 bridgehead atoms. The van der Waals surface area contributed by atoms with Gasteiger partial charge in [-0.2, -0.15) is 5.10 Å². The van der Waals surface area contributed by atoms with Crippen LogP contribution in [0.4, 0.5) is 0 Å². The molecule has 1 aliphatic heterocycles. The fourth-order valence-corrected chi connectivity index (χ4v) is 3.04. The minimum absolute atomic E-state index is 0.0798. The molecular formula is C17H19ClN4O3. The molecule has 0 atom stereocenters. The summed E-state index contributed by atoms with van der Waals surface area (Å²) in [4.78, 5) is 26.4. The molecule has 7 nitrogen and oxygen atoms in total. The van der Waals surface area contributed by atoms with Crippen LogP contribution in [0.1, 0.15) is 31.2 Å². The van der Waals surface area contributed by atoms with Crippen molar-refractivity contribution in [2.24, 2.45) is 5.10 Å². The first-order valence-electron chi connectivity index (χ1n) is 8.20. The van der Waals surface area contributed by atoms with Gasteiger partial charge in [-0.1, -0.05) is 36.6 Å². The van der Waals surface area contributed by atoms with Crippen molar-refractivity contribution in [2.75, 3.05) is 13.1 Å². The number of aromatic nitrogens is 2. The molecule has 3 rings (SSSR count). The zero-order chi connectivity index (χ0) is 17.8. The van der Waals surface area contributed by atoms with Gasteiger partial charge < -0.3 is 5.11 Å². The highest BCUT2D eigenvalue weighted by Gasteiger charge is 2.16. The first kappa shape index (κ1) is 17.3. The van der Waals surface area contributed by atoms with Gasteiger partial charge in [-0.25, -0.2) is 9.36 Å². The van der Waals surface area contributed by atoms with Crippen LogP contribution in [0.15, 0.2) is 39.0 Å². The van der Waals surface area contributed by atoms with Gasteiger partial charge in [0.05, 0.1) is 16.9 Å². The predicted molar refractivity (Wildman–Crippen MR) is 97.0 cm³/mol. The number of halogens is 1. The summed E-state index contributed by atoms with van der Waals surface area (Å²) < 4.78 is 0.966. The Balaban J connectivity index is 2.03. The van der Waals surface area contributed by atoms with Crippen LogP contribution in [-0.2, 0) is 0 Å². The number of nitrogens with one attached hydrogen (secondary N) is 1. The third-order valence-corrected chi connectivity index (χ3v) is 4.47. The highest BCUT2D eigenvalue weighted by atomic mass is 35.5. The highest BCUT2D eigenvalue weighted by Crippen LogP contribution is 2.22. The first-order valence-corrected chi connectivity index (χ1v) is 8.58. The summed E-state index contributed by atoms with van der Waals surface area (Å²) in [5.74, 6) is -0.486. The molecule has 2 aromatic rings. The van der Waals surface area contributed by atoms with E-state index in [4.69, 9.17) is 11.6 Å². The molecule has 25 heavy (non-hydrogen) atoms. The van der Waals surface area contributed by atoms with Crippen molar-refractivity contribution in [1.82, 2.24) is 14.6 Å². The number of rotatable bonds is 3. The molecule has 1 saturated heterocycles. The smallest absolute Gasteiger partial charge is 0.335 e. The summed E-state index contributed by atoms with van der Waals surface area (Å²) >= 11 is 6.11. The molecule has 0 unspecified atom stereocenters. The van der Waals surface area contributed by atoms with E-state index in [2.05, 4.69) is 10.1 Å². The maximum atomic E-state index is 12.2. The van der Waals surface area contributed by atoms with E-state index in [9.17, 15) is 14.7 Å². The molecule has 0 amide bonds. The Morgan fingerprint density at radius 2 is 1.80 bits per heavy atom. The monoisotopic (exact) mass is 362 g/mol. The van der Waals surface area contributed by atoms with Crippen molar-refractivity contribution in [1.29, 1.82) is 0 Å². The first-order chi connectivity index (χ1) is 12.1. The minimum atomic E-state index is -0.762. The lowest BCUT2D eigenvalue weighted by Crippen LogP contribution is -2.31. The van der Waals surface area contributed by atoms with Crippen molar-refractivity contribution in [3.05, 3.63) is 55.7 Å². The Labute approximate surface area is 149 Å². The molecule has 1 fully saturated rings. The second-order valence-electron chi connectivity index (χ2n) is 5.90. The maximum absolute atomic E-state index is 12.2. The SMILES string of the molecule is O=c1[nH]c(=O)n(-c2ccccc2Cl)c(O)c1/C=N/N1CCCCCC1. The lowest BCUT2D eigenvalue weighted by molar-refractivity contribution is 0.302. The molecule has 132 valence electrons. The minimum Gasteiger partial charge on any atom is -0.493 e. The van der Waals surface area contributed by atoms with Crippen LogP contribution in [0.2, 0.25) is 5.02 Å². The van der Waals surface area contributed by atoms with E-state index in [-0.39, 0.29) is 16.3 Å². The molecule has 0 spiro atoms. The van der Waals surface area contributed by atoms with Crippen LogP contribution in [0.25, 0.3) is 5.69 Å². The van der Waals surface area contributed by atoms with E-state index >= 15 is 0 Å². The second kappa shape index (κ2) is 7.57. The van der Waals surface area contributed by atoms with Crippen LogP contribution >= 0.6 is 11.6 Å². The number of hydrazone groups is 1. The predicted octanol–water partition coefficient (Wildman–Crippen LogP) is 2.09. The number of aromatic amines is 1. The van der Waals surface area contributed by atoms with Crippen molar-refractivity contribution in [3.8, 4) is 11.6 Å². The molecule has 0 saturated carbocycles. The van der Waals surface area contributed by atoms with E-state index in [0.717, 1.165) is 43.3 Å². The summed E-state index contributed by atoms with van der Waals surface area (Å²) in [5, 5.41) is 16.9. The van der Waals surface area contributed by atoms with Crippen molar-refractivity contribution < 1.29 is 5.11 Å². The number of aromatic hydroxyl groups is 1. The largest absolute Gasteiger partial charge is 0.493 e. The van der Waals surface area contributed by atoms with Gasteiger partial charge in [0.25, 0.3) is 5.56 Å². The van der Waals surface area contributed by atoms with Crippen LogP contribution < -0.4 is 11.2 Å². The van der Waals surface area contributed by atoms with Crippen LogP contribution in [0.3, 0.4) is 0 Å². The summed E-state index contributed by atoms with van der Waals surface area (Å²) in [5.41, 5.74) is -1.25. The van der Waals surface area contributed by atoms with E-state index in [1.54, 1.807) is 24.3 Å². The van der Waals surface area contributed by atoms with Gasteiger partial charge in [-0.3, -0.25) is 14.8 Å². The molecule has 8 heteroatoms. The lowest BCUT2D eigenvalue weighted by atomic mass is 10.2. The Morgan fingerprint density at radius 3 is 2.48 bits per heavy atom. The van der Waals surface area contributed by atoms with Crippen LogP contribution in [0, 0.1) is 0 Å². The number of nitrogens with zero attached hydrogens (tertiary/aromatic N) is 3. The summed E-state index contributed by atoms with van der Waals surface area (Å²) in [6, 6.07) is 6.57. The van der Waals surface area contributed by atoms with Gasteiger partial charge in [-0.15, -0.1) is 0 Å². The van der Waals surface area contributed by atoms with Crippen LogP contribution in [0.5, 0.6) is 5.88 Å². The average molecular weight is 363 g/mol. The summed E-state index contributed by atoms with van der Waals surface area (Å²) in [6.45, 7) is 1.61. The Bertz CT molecular complexity index is 895. The number of hydrogen-bond donors (Lipinski definition) is 2. The quantitative estimate of drug-likeness (QED) is 0.818. The van der Waals surface area contributed by atoms with E-state index < -0.39 is 17.1 Å². The average Bonchev–Trinajstić information content (AvgIpc) is 2.85. The van der Waals surface area contributed by atoms with Crippen molar-refractivity contribution in [3.63, 3.8) is 0 Å². The van der Waals surface area contributed by atoms with Crippen molar-refractivity contribution in [2.45, 2.75) is 25.7 Å². The zero-order valence-electron chi connectivity index (χ0n) is 13.6. The lowest BCUT2D eigenvalue weighted by Gasteiger charge is -2.15. The number of H-pyrrole nitrogens is 1. The van der Waals surface area contributed by atoms with E-state index in [0.29, 0.717) is 0 Å². The third kappa shape index (κ3) is 3.76. The van der Waals surface area contributed by atoms with E-state index in [1.165, 1.54) is 6.21 Å². The highest BCUT2D eigenvalue weighted by molar-refractivity contribution is 6.32. The van der Waals surface area contributed by atoms with Crippen LogP contribution in [-0.4, -0.2) is 39.0 Å². The molecule has 0 radical (unpaired) electrons. The Hall–Kier alpha value is -2.54. The summed E-state index contributed by atoms with van der Waals surface area (Å²) in [6.07, 6.45) is 5.70. The van der Waals surface area contributed by atoms with Crippen molar-refractivity contribution >= 4 is 17.8 Å². The van der Waals surface area contributed by atoms with Gasteiger partial charge >= 0.3 is 5.69 Å². The number of benzene rings is 1. The molecular weight excluding hydrogens is 344 g/mol. The number of hydrogen-bond acceptors (Lipinski definition) is 5. The topological polar surface area (TPSA) is 90.7 Å². The molecule has 1 aromatic carbocycles. The standard InChI is InChI=1S/C17H19ClN4O3/c18-13-7-3-4-8-14(13)22-16(24)12(15(23)20-17(22)25)11-19-21-9-5-1-2-6-10-21/h3-4,7-8,11,24H,1-2,5-6,9-10H2,(H,20,23,25)/b19-11+. The van der Waals surface area contributed by atoms with Gasteiger partial charge in [0.2, 0.25) is 5.88 Å². The molecule has 2 N–H and O–H groups in total. The van der Waals surface area contributed by atoms with Gasteiger partial charge in [0.15, 0.2) is 0 Å². The van der Waals surface area contributed by atoms with Gasteiger partial charge in [-0.05, 0) is 25.0 Å². The third-order valence-electron chi connectivity index (χ3n) is 4.15. The zero-order valence-corrected chi connectivity index (χ0v) is 14.4. The van der Waals surface area contributed by atoms with Gasteiger partial charge in [0, 0.05) is 13.1 Å². The second-order valence-corrected chi connectivity index (χ2v) is 6.30. The fraction of sp³-hybridized carbons (Fsp3) is 0.353. The Morgan fingerprint density at radius 1 is 1.12 bits per heavy atom. The molecule has 2 heterocycles. The Kier molecular flexibility index (Phi) is 5.23. The maximum Gasteiger partial charge on any atom is 0.335 e. The summed E-state index contributed by atoms with van der Waals surface area (Å²) in [7, 11) is 0. The van der Waals surface area contributed by atoms with E-state index in [1.807, 2.05) is 5.01 Å². The van der Waals surface area contributed by atoms with Gasteiger partial charge in [0.1, 0.15) is 5.56 Å². The molecule has 1 aromatic heterocycles. The molecule has 0 aliphatic carbocycles. The normalized spacial score (nSPS) is 15.5. The number of para-hydroxylation sites is 1.